The number of carbonyl (C=O) groups excluding carboxylic acids is 2. The number of carboxylic acids is 1. The van der Waals surface area contributed by atoms with Crippen LogP contribution in [0.1, 0.15) is 77.3 Å². The van der Waals surface area contributed by atoms with Gasteiger partial charge in [-0.1, -0.05) is 95.0 Å². The molecule has 4 N–H and O–H groups in total. The Morgan fingerprint density at radius 3 is 2.18 bits per heavy atom. The third-order valence-corrected chi connectivity index (χ3v) is 10.8. The lowest BCUT2D eigenvalue weighted by molar-refractivity contribution is -0.142. The summed E-state index contributed by atoms with van der Waals surface area (Å²) in [6.07, 6.45) is 7.94. The van der Waals surface area contributed by atoms with E-state index in [-0.39, 0.29) is 12.0 Å². The number of carboxylic acid groups (broad SMARTS) is 1. The molecule has 264 valence electrons. The molecule has 0 spiro atoms. The minimum atomic E-state index is -1.57. The van der Waals surface area contributed by atoms with Crippen molar-refractivity contribution in [3.63, 3.8) is 0 Å². The number of nitrogens with zero attached hydrogens (tertiary/aromatic N) is 1. The van der Waals surface area contributed by atoms with Crippen LogP contribution in [0.4, 0.5) is 11.4 Å². The molecule has 4 rings (SSSR count). The second kappa shape index (κ2) is 18.2. The van der Waals surface area contributed by atoms with Gasteiger partial charge in [-0.2, -0.15) is 0 Å². The molecule has 0 fully saturated rings. The van der Waals surface area contributed by atoms with Crippen LogP contribution in [0.2, 0.25) is 0 Å². The number of anilines is 2. The fraction of sp³-hybridized carbons (Fsp3) is 0.432. The summed E-state index contributed by atoms with van der Waals surface area (Å²) in [7, 11) is -1.57. The summed E-state index contributed by atoms with van der Waals surface area (Å²) < 4.78 is 23.8. The van der Waals surface area contributed by atoms with Gasteiger partial charge in [0.2, 0.25) is 5.91 Å². The number of fused-ring (bicyclic) bond motifs is 1. The number of rotatable bonds is 17. The zero-order valence-electron chi connectivity index (χ0n) is 28.7. The normalized spacial score (nSPS) is 16.5. The molecule has 1 aliphatic rings. The number of para-hydroxylation sites is 1. The van der Waals surface area contributed by atoms with Crippen molar-refractivity contribution in [3.8, 4) is 5.75 Å². The van der Waals surface area contributed by atoms with Gasteiger partial charge in [0.25, 0.3) is 5.91 Å². The van der Waals surface area contributed by atoms with Gasteiger partial charge >= 0.3 is 5.97 Å². The highest BCUT2D eigenvalue weighted by Gasteiger charge is 2.39. The Morgan fingerprint density at radius 1 is 0.980 bits per heavy atom. The second-order valence-corrected chi connectivity index (χ2v) is 14.3. The average molecular weight is 709 g/mol. The maximum atomic E-state index is 14.2. The van der Waals surface area contributed by atoms with Crippen molar-refractivity contribution < 1.29 is 28.4 Å². The lowest BCUT2D eigenvalue weighted by Gasteiger charge is -2.37. The molecule has 3 aromatic carbocycles. The van der Waals surface area contributed by atoms with Gasteiger partial charge in [-0.25, -0.2) is 13.7 Å². The molecule has 3 unspecified atom stereocenters. The quantitative estimate of drug-likeness (QED) is 0.117. The van der Waals surface area contributed by atoms with E-state index in [9.17, 15) is 23.7 Å². The van der Waals surface area contributed by atoms with Gasteiger partial charge in [0.15, 0.2) is 6.61 Å². The summed E-state index contributed by atoms with van der Waals surface area (Å²) in [5.41, 5.74) is 1.94. The molecule has 0 bridgehead atoms. The predicted molar refractivity (Wildman–Crippen MR) is 196 cm³/mol. The Kier molecular flexibility index (Phi) is 14.1. The van der Waals surface area contributed by atoms with Crippen molar-refractivity contribution in [1.82, 2.24) is 15.4 Å². The molecule has 1 aliphatic heterocycles. The SMILES string of the molecule is CCCCC1(CCCC)CN(c2ccccc2)c2cc(SC)c(OCC(=O)NC(C(=O)NC(CC)C(=O)O)c3ccccc3)cc2S(=O)N1. The number of hydrogen-bond donors (Lipinski definition) is 4. The molecule has 0 saturated heterocycles. The molecular formula is C37H48N4O6S2. The zero-order chi connectivity index (χ0) is 35.4. The number of amides is 2. The highest BCUT2D eigenvalue weighted by molar-refractivity contribution is 7.98. The van der Waals surface area contributed by atoms with Crippen LogP contribution >= 0.6 is 11.8 Å². The molecule has 0 aromatic heterocycles. The van der Waals surface area contributed by atoms with Crippen molar-refractivity contribution >= 4 is 51.9 Å². The van der Waals surface area contributed by atoms with Crippen LogP contribution in [-0.2, 0) is 25.4 Å². The van der Waals surface area contributed by atoms with E-state index < -0.39 is 47.5 Å². The summed E-state index contributed by atoms with van der Waals surface area (Å²) in [4.78, 5) is 41.7. The lowest BCUT2D eigenvalue weighted by Crippen LogP contribution is -2.51. The molecule has 0 saturated carbocycles. The van der Waals surface area contributed by atoms with Crippen molar-refractivity contribution in [2.75, 3.05) is 24.3 Å². The summed E-state index contributed by atoms with van der Waals surface area (Å²) in [5, 5.41) is 14.7. The molecule has 10 nitrogen and oxygen atoms in total. The third kappa shape index (κ3) is 9.86. The predicted octanol–water partition coefficient (Wildman–Crippen LogP) is 6.51. The van der Waals surface area contributed by atoms with Crippen LogP contribution in [0, 0.1) is 0 Å². The fourth-order valence-electron chi connectivity index (χ4n) is 5.97. The minimum absolute atomic E-state index is 0.186. The zero-order valence-corrected chi connectivity index (χ0v) is 30.3. The molecule has 12 heteroatoms. The number of unbranched alkanes of at least 4 members (excludes halogenated alkanes) is 2. The van der Waals surface area contributed by atoms with Gasteiger partial charge in [0, 0.05) is 23.8 Å². The first-order valence-electron chi connectivity index (χ1n) is 16.9. The molecule has 2 amide bonds. The van der Waals surface area contributed by atoms with Crippen molar-refractivity contribution in [1.29, 1.82) is 0 Å². The maximum Gasteiger partial charge on any atom is 0.326 e. The van der Waals surface area contributed by atoms with E-state index in [4.69, 9.17) is 4.74 Å². The van der Waals surface area contributed by atoms with Gasteiger partial charge in [0.1, 0.15) is 28.8 Å². The molecule has 0 aliphatic carbocycles. The van der Waals surface area contributed by atoms with Crippen LogP contribution in [-0.4, -0.2) is 58.1 Å². The fourth-order valence-corrected chi connectivity index (χ4v) is 7.87. The van der Waals surface area contributed by atoms with E-state index in [0.29, 0.717) is 22.8 Å². The van der Waals surface area contributed by atoms with Crippen molar-refractivity contribution in [2.24, 2.45) is 0 Å². The Hall–Kier alpha value is -3.87. The van der Waals surface area contributed by atoms with E-state index in [0.717, 1.165) is 54.8 Å². The smallest absolute Gasteiger partial charge is 0.326 e. The monoisotopic (exact) mass is 708 g/mol. The standard InChI is InChI=1S/C37H48N4O6S2/c1-5-8-20-37(21-9-6-2)25-41(27-18-14-11-15-19-27)29-22-31(48-4)30(23-32(29)49(46)40-37)47-24-33(42)39-34(26-16-12-10-13-17-26)35(43)38-28(7-3)36(44)45/h10-19,22-23,28,34,40H,5-9,20-21,24-25H2,1-4H3,(H,38,43)(H,39,42)(H,44,45). The van der Waals surface area contributed by atoms with E-state index in [2.05, 4.69) is 46.2 Å². The van der Waals surface area contributed by atoms with Crippen LogP contribution in [0.25, 0.3) is 0 Å². The number of thioether (sulfide) groups is 1. The van der Waals surface area contributed by atoms with Crippen LogP contribution < -0.4 is 25.0 Å². The van der Waals surface area contributed by atoms with Gasteiger partial charge < -0.3 is 25.4 Å². The number of carbonyl (C=O) groups is 3. The van der Waals surface area contributed by atoms with Gasteiger partial charge in [-0.15, -0.1) is 11.8 Å². The van der Waals surface area contributed by atoms with E-state index in [1.165, 1.54) is 11.8 Å². The van der Waals surface area contributed by atoms with Crippen LogP contribution in [0.5, 0.6) is 5.75 Å². The highest BCUT2D eigenvalue weighted by Crippen LogP contribution is 2.43. The van der Waals surface area contributed by atoms with Gasteiger partial charge in [-0.05, 0) is 49.3 Å². The Bertz CT molecular complexity index is 1580. The second-order valence-electron chi connectivity index (χ2n) is 12.3. The maximum absolute atomic E-state index is 14.2. The highest BCUT2D eigenvalue weighted by atomic mass is 32.2. The summed E-state index contributed by atoms with van der Waals surface area (Å²) in [6.45, 7) is 6.23. The van der Waals surface area contributed by atoms with Crippen LogP contribution in [0.15, 0.2) is 82.6 Å². The number of nitrogens with one attached hydrogen (secondary N) is 3. The largest absolute Gasteiger partial charge is 0.483 e. The number of ether oxygens (including phenoxy) is 1. The van der Waals surface area contributed by atoms with Gasteiger partial charge in [0.05, 0.1) is 15.5 Å². The van der Waals surface area contributed by atoms with Gasteiger partial charge in [-0.3, -0.25) is 9.59 Å². The lowest BCUT2D eigenvalue weighted by atomic mass is 9.87. The first kappa shape index (κ1) is 37.9. The molecule has 49 heavy (non-hydrogen) atoms. The average Bonchev–Trinajstić information content (AvgIpc) is 3.23. The Balaban J connectivity index is 1.64. The van der Waals surface area contributed by atoms with E-state index >= 15 is 0 Å². The minimum Gasteiger partial charge on any atom is -0.483 e. The van der Waals surface area contributed by atoms with E-state index in [1.54, 1.807) is 43.3 Å². The number of aliphatic carboxylic acids is 1. The number of hydrogen-bond acceptors (Lipinski definition) is 7. The summed E-state index contributed by atoms with van der Waals surface area (Å²) in [6, 6.07) is 20.3. The van der Waals surface area contributed by atoms with Crippen LogP contribution in [0.3, 0.4) is 0 Å². The van der Waals surface area contributed by atoms with Crippen molar-refractivity contribution in [2.45, 2.75) is 93.1 Å². The molecule has 1 heterocycles. The third-order valence-electron chi connectivity index (χ3n) is 8.67. The number of benzene rings is 3. The Morgan fingerprint density at radius 2 is 1.61 bits per heavy atom. The Labute approximate surface area is 296 Å². The van der Waals surface area contributed by atoms with E-state index in [1.807, 2.05) is 30.5 Å². The first-order chi connectivity index (χ1) is 23.6. The molecule has 3 atom stereocenters. The summed E-state index contributed by atoms with van der Waals surface area (Å²) in [5.74, 6) is -1.97. The molecule has 3 aromatic rings. The molecule has 0 radical (unpaired) electrons. The molecular weight excluding hydrogens is 661 g/mol. The van der Waals surface area contributed by atoms with Crippen molar-refractivity contribution in [3.05, 3.63) is 78.4 Å². The topological polar surface area (TPSA) is 137 Å². The first-order valence-corrected chi connectivity index (χ1v) is 19.3. The summed E-state index contributed by atoms with van der Waals surface area (Å²) >= 11 is 1.46.